The molecule has 0 spiro atoms. The average molecular weight is 525 g/mol. The minimum atomic E-state index is -0.782. The quantitative estimate of drug-likeness (QED) is 0.122. The van der Waals surface area contributed by atoms with Crippen molar-refractivity contribution in [2.45, 2.75) is 19.6 Å². The van der Waals surface area contributed by atoms with Crippen LogP contribution in [0.25, 0.3) is 0 Å². The van der Waals surface area contributed by atoms with E-state index >= 15 is 0 Å². The van der Waals surface area contributed by atoms with E-state index in [-0.39, 0.29) is 0 Å². The number of nitrogens with one attached hydrogen (secondary N) is 1. The third-order valence-electron chi connectivity index (χ3n) is 5.54. The van der Waals surface area contributed by atoms with Gasteiger partial charge in [-0.05, 0) is 78.7 Å². The predicted molar refractivity (Wildman–Crippen MR) is 147 cm³/mol. The summed E-state index contributed by atoms with van der Waals surface area (Å²) in [6.07, 6.45) is 0.670. The van der Waals surface area contributed by atoms with E-state index in [0.29, 0.717) is 40.7 Å². The van der Waals surface area contributed by atoms with E-state index in [0.717, 1.165) is 5.56 Å². The van der Waals surface area contributed by atoms with Crippen LogP contribution in [0.3, 0.4) is 0 Å². The van der Waals surface area contributed by atoms with Gasteiger partial charge in [0.15, 0.2) is 6.10 Å². The minimum absolute atomic E-state index is 0.346. The Morgan fingerprint density at radius 2 is 1.51 bits per heavy atom. The average Bonchev–Trinajstić information content (AvgIpc) is 2.97. The van der Waals surface area contributed by atoms with E-state index in [2.05, 4.69) is 10.5 Å². The van der Waals surface area contributed by atoms with Crippen molar-refractivity contribution in [1.29, 1.82) is 0 Å². The maximum Gasteiger partial charge on any atom is 0.343 e. The number of hydrazone groups is 1. The van der Waals surface area contributed by atoms with Crippen LogP contribution < -0.4 is 24.4 Å². The maximum absolute atomic E-state index is 12.4. The highest BCUT2D eigenvalue weighted by atomic mass is 16.5. The molecule has 0 radical (unpaired) electrons. The SMILES string of the molecule is COc1ccc(C(=O)Oc2cccc(C=NNC(=O)C(C)Oc3ccc(OCc4ccccc4)cc3)c2)cc1. The fourth-order valence-corrected chi connectivity index (χ4v) is 3.43. The molecule has 198 valence electrons. The number of amides is 1. The van der Waals surface area contributed by atoms with E-state index in [1.807, 2.05) is 30.3 Å². The molecule has 1 unspecified atom stereocenters. The molecule has 0 aromatic heterocycles. The monoisotopic (exact) mass is 524 g/mol. The van der Waals surface area contributed by atoms with Gasteiger partial charge < -0.3 is 18.9 Å². The number of methoxy groups -OCH3 is 1. The summed E-state index contributed by atoms with van der Waals surface area (Å²) >= 11 is 0. The highest BCUT2D eigenvalue weighted by molar-refractivity contribution is 5.91. The summed E-state index contributed by atoms with van der Waals surface area (Å²) < 4.78 is 22.0. The standard InChI is InChI=1S/C31H28N2O6/c1-22(38-28-17-15-27(16-18-28)37-21-23-7-4-3-5-8-23)30(34)33-32-20-24-9-6-10-29(19-24)39-31(35)25-11-13-26(36-2)14-12-25/h3-20,22H,21H2,1-2H3,(H,33,34). The second-order valence-electron chi connectivity index (χ2n) is 8.43. The number of nitrogens with zero attached hydrogens (tertiary/aromatic N) is 1. The first-order chi connectivity index (χ1) is 19.0. The van der Waals surface area contributed by atoms with Gasteiger partial charge in [-0.3, -0.25) is 4.79 Å². The molecular weight excluding hydrogens is 496 g/mol. The van der Waals surface area contributed by atoms with Crippen molar-refractivity contribution in [2.75, 3.05) is 7.11 Å². The van der Waals surface area contributed by atoms with Crippen molar-refractivity contribution in [3.63, 3.8) is 0 Å². The van der Waals surface area contributed by atoms with Crippen molar-refractivity contribution in [2.24, 2.45) is 5.10 Å². The zero-order valence-electron chi connectivity index (χ0n) is 21.6. The van der Waals surface area contributed by atoms with Gasteiger partial charge in [0, 0.05) is 0 Å². The lowest BCUT2D eigenvalue weighted by Gasteiger charge is -2.13. The van der Waals surface area contributed by atoms with Crippen LogP contribution in [0.4, 0.5) is 0 Å². The molecule has 0 aliphatic heterocycles. The van der Waals surface area contributed by atoms with Crippen molar-refractivity contribution < 1.29 is 28.5 Å². The summed E-state index contributed by atoms with van der Waals surface area (Å²) in [7, 11) is 1.55. The Balaban J connectivity index is 1.24. The van der Waals surface area contributed by atoms with Gasteiger partial charge in [0.05, 0.1) is 18.9 Å². The molecule has 1 amide bonds. The number of benzene rings is 4. The van der Waals surface area contributed by atoms with Crippen molar-refractivity contribution in [3.8, 4) is 23.0 Å². The molecule has 0 aliphatic carbocycles. The Hall–Kier alpha value is -5.11. The van der Waals surface area contributed by atoms with Gasteiger partial charge in [0.2, 0.25) is 0 Å². The summed E-state index contributed by atoms with van der Waals surface area (Å²) in [6, 6.07) is 30.3. The summed E-state index contributed by atoms with van der Waals surface area (Å²) in [6.45, 7) is 2.09. The van der Waals surface area contributed by atoms with Crippen LogP contribution in [0.15, 0.2) is 108 Å². The molecular formula is C31H28N2O6. The molecule has 4 aromatic carbocycles. The topological polar surface area (TPSA) is 95.5 Å². The third kappa shape index (κ3) is 8.19. The molecule has 0 saturated heterocycles. The lowest BCUT2D eigenvalue weighted by molar-refractivity contribution is -0.127. The smallest absolute Gasteiger partial charge is 0.343 e. The number of rotatable bonds is 11. The molecule has 0 fully saturated rings. The molecule has 0 aliphatic rings. The van der Waals surface area contributed by atoms with Gasteiger partial charge in [-0.25, -0.2) is 10.2 Å². The Labute approximate surface area is 226 Å². The van der Waals surface area contributed by atoms with E-state index in [1.54, 1.807) is 86.8 Å². The zero-order chi connectivity index (χ0) is 27.5. The summed E-state index contributed by atoms with van der Waals surface area (Å²) in [5, 5.41) is 3.99. The Kier molecular flexibility index (Phi) is 9.28. The number of carbonyl (C=O) groups is 2. The maximum atomic E-state index is 12.4. The minimum Gasteiger partial charge on any atom is -0.497 e. The molecule has 4 aromatic rings. The van der Waals surface area contributed by atoms with Crippen LogP contribution in [0.1, 0.15) is 28.4 Å². The summed E-state index contributed by atoms with van der Waals surface area (Å²) in [5.74, 6) is 1.30. The number of ether oxygens (including phenoxy) is 4. The second kappa shape index (κ2) is 13.4. The van der Waals surface area contributed by atoms with Crippen LogP contribution in [0.2, 0.25) is 0 Å². The number of hydrogen-bond acceptors (Lipinski definition) is 7. The van der Waals surface area contributed by atoms with E-state index < -0.39 is 18.0 Å². The molecule has 8 nitrogen and oxygen atoms in total. The molecule has 0 heterocycles. The van der Waals surface area contributed by atoms with E-state index in [4.69, 9.17) is 18.9 Å². The first kappa shape index (κ1) is 26.9. The van der Waals surface area contributed by atoms with Gasteiger partial charge in [-0.15, -0.1) is 0 Å². The molecule has 8 heteroatoms. The molecule has 0 saturated carbocycles. The van der Waals surface area contributed by atoms with Crippen LogP contribution in [0, 0.1) is 0 Å². The highest BCUT2D eigenvalue weighted by Crippen LogP contribution is 2.20. The fraction of sp³-hybridized carbons (Fsp3) is 0.129. The summed E-state index contributed by atoms with van der Waals surface area (Å²) in [5.41, 5.74) is 4.56. The first-order valence-electron chi connectivity index (χ1n) is 12.2. The Morgan fingerprint density at radius 3 is 2.23 bits per heavy atom. The molecule has 4 rings (SSSR count). The number of esters is 1. The Bertz CT molecular complexity index is 1400. The normalized spacial score (nSPS) is 11.4. The molecule has 1 atom stereocenters. The van der Waals surface area contributed by atoms with Crippen LogP contribution in [0.5, 0.6) is 23.0 Å². The van der Waals surface area contributed by atoms with Crippen molar-refractivity contribution >= 4 is 18.1 Å². The second-order valence-corrected chi connectivity index (χ2v) is 8.43. The van der Waals surface area contributed by atoms with E-state index in [1.165, 1.54) is 6.21 Å². The van der Waals surface area contributed by atoms with Crippen LogP contribution >= 0.6 is 0 Å². The zero-order valence-corrected chi connectivity index (χ0v) is 21.6. The third-order valence-corrected chi connectivity index (χ3v) is 5.54. The van der Waals surface area contributed by atoms with Gasteiger partial charge in [0.1, 0.15) is 29.6 Å². The van der Waals surface area contributed by atoms with E-state index in [9.17, 15) is 9.59 Å². The van der Waals surface area contributed by atoms with Gasteiger partial charge in [-0.1, -0.05) is 42.5 Å². The highest BCUT2D eigenvalue weighted by Gasteiger charge is 2.14. The largest absolute Gasteiger partial charge is 0.497 e. The first-order valence-corrected chi connectivity index (χ1v) is 12.2. The van der Waals surface area contributed by atoms with Gasteiger partial charge in [0.25, 0.3) is 5.91 Å². The molecule has 1 N–H and O–H groups in total. The molecule has 0 bridgehead atoms. The van der Waals surface area contributed by atoms with Gasteiger partial charge in [-0.2, -0.15) is 5.10 Å². The molecule has 39 heavy (non-hydrogen) atoms. The summed E-state index contributed by atoms with van der Waals surface area (Å²) in [4.78, 5) is 24.8. The lowest BCUT2D eigenvalue weighted by Crippen LogP contribution is -2.33. The number of carbonyl (C=O) groups excluding carboxylic acids is 2. The van der Waals surface area contributed by atoms with Crippen molar-refractivity contribution in [1.82, 2.24) is 5.43 Å². The lowest BCUT2D eigenvalue weighted by atomic mass is 10.2. The van der Waals surface area contributed by atoms with Gasteiger partial charge >= 0.3 is 5.97 Å². The van der Waals surface area contributed by atoms with Crippen LogP contribution in [-0.2, 0) is 11.4 Å². The Morgan fingerprint density at radius 1 is 0.821 bits per heavy atom. The fourth-order valence-electron chi connectivity index (χ4n) is 3.43. The van der Waals surface area contributed by atoms with Crippen molar-refractivity contribution in [3.05, 3.63) is 120 Å². The number of hydrogen-bond donors (Lipinski definition) is 1. The van der Waals surface area contributed by atoms with Crippen LogP contribution in [-0.4, -0.2) is 31.3 Å². The predicted octanol–water partition coefficient (Wildman–Crippen LogP) is 5.41.